The largest absolute Gasteiger partial charge is 0.463 e. The van der Waals surface area contributed by atoms with Gasteiger partial charge in [-0.2, -0.15) is 0 Å². The smallest absolute Gasteiger partial charge is 0.338 e. The Morgan fingerprint density at radius 2 is 1.86 bits per heavy atom. The first-order valence-electron chi connectivity index (χ1n) is 11.9. The molecule has 0 unspecified atom stereocenters. The molecule has 1 aliphatic rings. The molecule has 0 N–H and O–H groups in total. The van der Waals surface area contributed by atoms with Crippen LogP contribution in [0.25, 0.3) is 22.7 Å². The van der Waals surface area contributed by atoms with Crippen LogP contribution in [0, 0.1) is 0 Å². The minimum absolute atomic E-state index is 0.177. The van der Waals surface area contributed by atoms with Crippen molar-refractivity contribution in [2.24, 2.45) is 12.0 Å². The second-order valence-electron chi connectivity index (χ2n) is 8.66. The summed E-state index contributed by atoms with van der Waals surface area (Å²) in [5.41, 5.74) is 3.59. The van der Waals surface area contributed by atoms with E-state index in [9.17, 15) is 9.59 Å². The molecule has 6 rings (SSSR count). The Hall–Kier alpha value is -4.01. The average molecular weight is 526 g/mol. The fourth-order valence-electron chi connectivity index (χ4n) is 4.79. The molecule has 1 atom stereocenters. The number of fused-ring (bicyclic) bond motifs is 2. The van der Waals surface area contributed by atoms with Gasteiger partial charge in [0.15, 0.2) is 4.80 Å². The summed E-state index contributed by atoms with van der Waals surface area (Å²) in [4.78, 5) is 33.7. The van der Waals surface area contributed by atoms with Crippen LogP contribution in [0.1, 0.15) is 29.0 Å². The number of ether oxygens (including phenoxy) is 1. The lowest BCUT2D eigenvalue weighted by molar-refractivity contribution is -0.138. The molecule has 0 bridgehead atoms. The van der Waals surface area contributed by atoms with Crippen molar-refractivity contribution < 1.29 is 9.53 Å². The van der Waals surface area contributed by atoms with Crippen molar-refractivity contribution >= 4 is 51.3 Å². The van der Waals surface area contributed by atoms with E-state index in [1.165, 1.54) is 22.7 Å². The van der Waals surface area contributed by atoms with Gasteiger partial charge in [-0.05, 0) is 30.5 Å². The lowest BCUT2D eigenvalue weighted by atomic mass is 9.97. The zero-order valence-corrected chi connectivity index (χ0v) is 21.9. The number of aromatic nitrogens is 2. The van der Waals surface area contributed by atoms with E-state index in [0.717, 1.165) is 26.9 Å². The molecule has 0 spiro atoms. The van der Waals surface area contributed by atoms with Crippen LogP contribution in [0.15, 0.2) is 93.7 Å². The molecule has 3 aromatic heterocycles. The van der Waals surface area contributed by atoms with E-state index in [0.29, 0.717) is 20.6 Å². The zero-order chi connectivity index (χ0) is 25.5. The van der Waals surface area contributed by atoms with Crippen LogP contribution in [0.2, 0.25) is 0 Å². The third-order valence-electron chi connectivity index (χ3n) is 6.40. The Bertz CT molecular complexity index is 1840. The van der Waals surface area contributed by atoms with Crippen LogP contribution in [0.5, 0.6) is 0 Å². The molecule has 0 fully saturated rings. The molecule has 4 heterocycles. The van der Waals surface area contributed by atoms with Crippen molar-refractivity contribution in [1.82, 2.24) is 9.13 Å². The van der Waals surface area contributed by atoms with Crippen LogP contribution in [0.4, 0.5) is 0 Å². The third kappa shape index (κ3) is 3.98. The lowest BCUT2D eigenvalue weighted by Gasteiger charge is -2.24. The van der Waals surface area contributed by atoms with E-state index in [-0.39, 0.29) is 12.2 Å². The quantitative estimate of drug-likeness (QED) is 0.318. The predicted molar refractivity (Wildman–Crippen MR) is 148 cm³/mol. The van der Waals surface area contributed by atoms with E-state index in [4.69, 9.17) is 9.73 Å². The first-order chi connectivity index (χ1) is 18.1. The Kier molecular flexibility index (Phi) is 5.98. The van der Waals surface area contributed by atoms with Crippen molar-refractivity contribution in [3.8, 4) is 0 Å². The first kappa shape index (κ1) is 23.4. The number of para-hydroxylation sites is 1. The topological polar surface area (TPSA) is 65.6 Å². The molecule has 0 amide bonds. The van der Waals surface area contributed by atoms with Crippen molar-refractivity contribution in [3.05, 3.63) is 120 Å². The van der Waals surface area contributed by atoms with E-state index >= 15 is 0 Å². The van der Waals surface area contributed by atoms with Crippen molar-refractivity contribution in [2.75, 3.05) is 6.61 Å². The highest BCUT2D eigenvalue weighted by atomic mass is 32.1. The fourth-order valence-corrected chi connectivity index (χ4v) is 6.60. The number of benzene rings is 2. The van der Waals surface area contributed by atoms with Gasteiger partial charge in [-0.1, -0.05) is 65.9 Å². The number of carbonyl (C=O) groups excluding carboxylic acids is 1. The summed E-state index contributed by atoms with van der Waals surface area (Å²) in [7, 11) is 2.00. The standard InChI is InChI=1S/C29H23N3O3S2/c1-3-35-28(34)24-25(18-10-5-4-6-11-18)30-29-32(26(24)22-14-9-15-36-22)27(33)23(37-29)16-19-17-31(2)21-13-8-7-12-20(19)21/h4-17,26H,3H2,1-2H3/b23-16-/t26-/m1/s1. The van der Waals surface area contributed by atoms with Crippen molar-refractivity contribution in [3.63, 3.8) is 0 Å². The van der Waals surface area contributed by atoms with Crippen molar-refractivity contribution in [2.45, 2.75) is 13.0 Å². The number of rotatable bonds is 5. The van der Waals surface area contributed by atoms with E-state index in [1.807, 2.05) is 79.3 Å². The van der Waals surface area contributed by atoms with Gasteiger partial charge in [0.25, 0.3) is 5.56 Å². The summed E-state index contributed by atoms with van der Waals surface area (Å²) in [6, 6.07) is 21.0. The second kappa shape index (κ2) is 9.46. The molecule has 8 heteroatoms. The summed E-state index contributed by atoms with van der Waals surface area (Å²) < 4.78 is 9.76. The maximum Gasteiger partial charge on any atom is 0.338 e. The fraction of sp³-hybridized carbons (Fsp3) is 0.138. The molecular formula is C29H23N3O3S2. The molecule has 5 aromatic rings. The Labute approximate surface area is 220 Å². The van der Waals surface area contributed by atoms with Crippen LogP contribution in [-0.4, -0.2) is 21.7 Å². The van der Waals surface area contributed by atoms with Gasteiger partial charge in [-0.15, -0.1) is 11.3 Å². The molecule has 6 nitrogen and oxygen atoms in total. The molecule has 0 radical (unpaired) electrons. The number of thiazole rings is 1. The monoisotopic (exact) mass is 525 g/mol. The predicted octanol–water partition coefficient (Wildman–Crippen LogP) is 4.49. The van der Waals surface area contributed by atoms with Gasteiger partial charge in [-0.25, -0.2) is 9.79 Å². The van der Waals surface area contributed by atoms with E-state index in [2.05, 4.69) is 16.7 Å². The van der Waals surface area contributed by atoms with Gasteiger partial charge in [0.2, 0.25) is 0 Å². The summed E-state index contributed by atoms with van der Waals surface area (Å²) in [5.74, 6) is -0.466. The van der Waals surface area contributed by atoms with Gasteiger partial charge in [0, 0.05) is 40.2 Å². The molecule has 184 valence electrons. The number of thiophene rings is 1. The third-order valence-corrected chi connectivity index (χ3v) is 8.31. The molecule has 2 aromatic carbocycles. The minimum Gasteiger partial charge on any atom is -0.463 e. The number of nitrogens with zero attached hydrogens (tertiary/aromatic N) is 3. The van der Waals surface area contributed by atoms with Gasteiger partial charge in [0.05, 0.1) is 22.4 Å². The lowest BCUT2D eigenvalue weighted by Crippen LogP contribution is -2.39. The molecule has 37 heavy (non-hydrogen) atoms. The zero-order valence-electron chi connectivity index (χ0n) is 20.3. The highest BCUT2D eigenvalue weighted by Crippen LogP contribution is 2.36. The Morgan fingerprint density at radius 1 is 1.08 bits per heavy atom. The Balaban J connectivity index is 1.65. The van der Waals surface area contributed by atoms with Gasteiger partial charge in [0.1, 0.15) is 6.04 Å². The summed E-state index contributed by atoms with van der Waals surface area (Å²) >= 11 is 2.84. The highest BCUT2D eigenvalue weighted by molar-refractivity contribution is 7.10. The van der Waals surface area contributed by atoms with Crippen LogP contribution in [0.3, 0.4) is 0 Å². The van der Waals surface area contributed by atoms with E-state index < -0.39 is 12.0 Å². The van der Waals surface area contributed by atoms with Crippen LogP contribution < -0.4 is 14.9 Å². The Morgan fingerprint density at radius 3 is 2.62 bits per heavy atom. The van der Waals surface area contributed by atoms with Gasteiger partial charge < -0.3 is 9.30 Å². The number of hydrogen-bond donors (Lipinski definition) is 0. The van der Waals surface area contributed by atoms with Gasteiger partial charge in [-0.3, -0.25) is 9.36 Å². The summed E-state index contributed by atoms with van der Waals surface area (Å²) in [6.07, 6.45) is 3.95. The van der Waals surface area contributed by atoms with Crippen LogP contribution >= 0.6 is 22.7 Å². The number of carbonyl (C=O) groups is 1. The highest BCUT2D eigenvalue weighted by Gasteiger charge is 2.35. The SMILES string of the molecule is CCOC(=O)C1=C(c2ccccc2)N=c2s/c(=C\c3cn(C)c4ccccc34)c(=O)n2[C@@H]1c1cccs1. The maximum atomic E-state index is 13.9. The first-order valence-corrected chi connectivity index (χ1v) is 13.6. The molecule has 0 saturated heterocycles. The summed E-state index contributed by atoms with van der Waals surface area (Å²) in [6.45, 7) is 2.01. The molecule has 0 saturated carbocycles. The number of hydrogen-bond acceptors (Lipinski definition) is 6. The summed E-state index contributed by atoms with van der Waals surface area (Å²) in [5, 5.41) is 3.02. The molecule has 0 aliphatic carbocycles. The van der Waals surface area contributed by atoms with Gasteiger partial charge >= 0.3 is 5.97 Å². The normalized spacial score (nSPS) is 15.6. The van der Waals surface area contributed by atoms with Crippen molar-refractivity contribution in [1.29, 1.82) is 0 Å². The number of aryl methyl sites for hydroxylation is 1. The number of esters is 1. The van der Waals surface area contributed by atoms with Crippen LogP contribution in [-0.2, 0) is 16.6 Å². The maximum absolute atomic E-state index is 13.9. The molecule has 1 aliphatic heterocycles. The minimum atomic E-state index is -0.625. The average Bonchev–Trinajstić information content (AvgIpc) is 3.63. The van der Waals surface area contributed by atoms with E-state index in [1.54, 1.807) is 11.5 Å². The molecular weight excluding hydrogens is 502 g/mol. The second-order valence-corrected chi connectivity index (χ2v) is 10.6.